The fourth-order valence-electron chi connectivity index (χ4n) is 3.90. The van der Waals surface area contributed by atoms with Crippen molar-refractivity contribution in [2.75, 3.05) is 32.1 Å². The first-order valence-electron chi connectivity index (χ1n) is 10.7. The Kier molecular flexibility index (Phi) is 6.82. The molecular formula is C22H26N4O5S2. The molecule has 0 aliphatic carbocycles. The second-order valence-electron chi connectivity index (χ2n) is 7.68. The van der Waals surface area contributed by atoms with Gasteiger partial charge in [-0.15, -0.1) is 11.3 Å². The molecule has 11 heteroatoms. The predicted molar refractivity (Wildman–Crippen MR) is 127 cm³/mol. The van der Waals surface area contributed by atoms with Crippen molar-refractivity contribution in [3.8, 4) is 5.75 Å². The average molecular weight is 491 g/mol. The lowest BCUT2D eigenvalue weighted by atomic mass is 10.1. The van der Waals surface area contributed by atoms with Crippen LogP contribution in [0.25, 0.3) is 10.2 Å². The van der Waals surface area contributed by atoms with Gasteiger partial charge in [0.2, 0.25) is 10.0 Å². The van der Waals surface area contributed by atoms with Gasteiger partial charge < -0.3 is 14.8 Å². The summed E-state index contributed by atoms with van der Waals surface area (Å²) in [5.41, 5.74) is 0.788. The Bertz CT molecular complexity index is 1250. The molecule has 3 heterocycles. The Morgan fingerprint density at radius 1 is 1.21 bits per heavy atom. The van der Waals surface area contributed by atoms with Crippen LogP contribution in [0.1, 0.15) is 35.0 Å². The van der Waals surface area contributed by atoms with Crippen LogP contribution in [0.3, 0.4) is 0 Å². The number of rotatable bonds is 7. The summed E-state index contributed by atoms with van der Waals surface area (Å²) in [6.45, 7) is 4.74. The molecule has 3 aromatic rings. The van der Waals surface area contributed by atoms with Crippen molar-refractivity contribution in [3.05, 3.63) is 41.0 Å². The molecule has 0 spiro atoms. The minimum atomic E-state index is -3.56. The van der Waals surface area contributed by atoms with Gasteiger partial charge in [0.05, 0.1) is 24.0 Å². The third-order valence-corrected chi connectivity index (χ3v) is 8.77. The van der Waals surface area contributed by atoms with Crippen LogP contribution < -0.4 is 10.1 Å². The number of esters is 1. The lowest BCUT2D eigenvalue weighted by Gasteiger charge is -2.32. The van der Waals surface area contributed by atoms with E-state index in [4.69, 9.17) is 9.47 Å². The smallest absolute Gasteiger partial charge is 0.348 e. The minimum Gasteiger partial charge on any atom is -0.497 e. The van der Waals surface area contributed by atoms with Crippen molar-refractivity contribution in [2.24, 2.45) is 0 Å². The van der Waals surface area contributed by atoms with E-state index in [1.807, 2.05) is 6.92 Å². The molecule has 9 nitrogen and oxygen atoms in total. The molecule has 0 amide bonds. The van der Waals surface area contributed by atoms with Crippen LogP contribution in [0.2, 0.25) is 0 Å². The molecule has 1 N–H and O–H groups in total. The van der Waals surface area contributed by atoms with Crippen LogP contribution in [0.15, 0.2) is 35.5 Å². The average Bonchev–Trinajstić information content (AvgIpc) is 3.17. The Hall–Kier alpha value is -2.76. The van der Waals surface area contributed by atoms with Crippen molar-refractivity contribution in [1.82, 2.24) is 14.3 Å². The molecule has 0 saturated carbocycles. The quantitative estimate of drug-likeness (QED) is 0.502. The molecule has 1 saturated heterocycles. The number of anilines is 1. The summed E-state index contributed by atoms with van der Waals surface area (Å²) >= 11 is 1.29. The highest BCUT2D eigenvalue weighted by atomic mass is 32.2. The van der Waals surface area contributed by atoms with Crippen LogP contribution >= 0.6 is 11.3 Å². The molecule has 4 rings (SSSR count). The molecule has 1 aliphatic heterocycles. The maximum absolute atomic E-state index is 13.0. The summed E-state index contributed by atoms with van der Waals surface area (Å²) in [7, 11) is -2.02. The van der Waals surface area contributed by atoms with Crippen molar-refractivity contribution in [3.63, 3.8) is 0 Å². The molecule has 1 aromatic carbocycles. The number of benzene rings is 1. The van der Waals surface area contributed by atoms with Crippen molar-refractivity contribution in [2.45, 2.75) is 37.6 Å². The summed E-state index contributed by atoms with van der Waals surface area (Å²) in [4.78, 5) is 22.5. The summed E-state index contributed by atoms with van der Waals surface area (Å²) in [5.74, 6) is 0.907. The predicted octanol–water partition coefficient (Wildman–Crippen LogP) is 3.45. The Morgan fingerprint density at radius 2 is 1.91 bits per heavy atom. The zero-order valence-electron chi connectivity index (χ0n) is 18.7. The fraction of sp³-hybridized carbons (Fsp3) is 0.409. The van der Waals surface area contributed by atoms with E-state index in [-0.39, 0.29) is 16.9 Å². The number of sulfonamides is 1. The van der Waals surface area contributed by atoms with E-state index in [2.05, 4.69) is 15.3 Å². The SMILES string of the molecule is CCOC(=O)c1sc2ncnc(NC3CCN(S(=O)(=O)c4ccc(OC)cc4)CC3)c2c1C. The normalized spacial score (nSPS) is 15.5. The van der Waals surface area contributed by atoms with Gasteiger partial charge in [0.25, 0.3) is 0 Å². The fourth-order valence-corrected chi connectivity index (χ4v) is 6.42. The third-order valence-electron chi connectivity index (χ3n) is 5.68. The highest BCUT2D eigenvalue weighted by molar-refractivity contribution is 7.89. The maximum Gasteiger partial charge on any atom is 0.348 e. The van der Waals surface area contributed by atoms with Gasteiger partial charge in [0.15, 0.2) is 0 Å². The molecular weight excluding hydrogens is 464 g/mol. The van der Waals surface area contributed by atoms with Gasteiger partial charge >= 0.3 is 5.97 Å². The van der Waals surface area contributed by atoms with Crippen LogP contribution in [0.5, 0.6) is 5.75 Å². The van der Waals surface area contributed by atoms with Crippen LogP contribution in [-0.2, 0) is 14.8 Å². The highest BCUT2D eigenvalue weighted by Crippen LogP contribution is 2.34. The first kappa shape index (κ1) is 23.4. The van der Waals surface area contributed by atoms with Gasteiger partial charge in [0, 0.05) is 19.1 Å². The van der Waals surface area contributed by atoms with E-state index >= 15 is 0 Å². The second-order valence-corrected chi connectivity index (χ2v) is 10.6. The van der Waals surface area contributed by atoms with E-state index in [1.165, 1.54) is 22.0 Å². The van der Waals surface area contributed by atoms with E-state index in [0.717, 1.165) is 10.9 Å². The van der Waals surface area contributed by atoms with Crippen molar-refractivity contribution in [1.29, 1.82) is 0 Å². The zero-order chi connectivity index (χ0) is 23.6. The van der Waals surface area contributed by atoms with Gasteiger partial charge in [-0.2, -0.15) is 4.31 Å². The number of hydrogen-bond acceptors (Lipinski definition) is 9. The van der Waals surface area contributed by atoms with E-state index in [1.54, 1.807) is 38.3 Å². The number of aromatic nitrogens is 2. The number of thiophene rings is 1. The van der Waals surface area contributed by atoms with Gasteiger partial charge in [-0.3, -0.25) is 0 Å². The molecule has 2 aromatic heterocycles. The number of hydrogen-bond donors (Lipinski definition) is 1. The first-order valence-corrected chi connectivity index (χ1v) is 12.9. The Balaban J connectivity index is 1.47. The monoisotopic (exact) mass is 490 g/mol. The number of methoxy groups -OCH3 is 1. The topological polar surface area (TPSA) is 111 Å². The highest BCUT2D eigenvalue weighted by Gasteiger charge is 2.30. The molecule has 1 fully saturated rings. The first-order chi connectivity index (χ1) is 15.8. The molecule has 0 atom stereocenters. The number of carbonyl (C=O) groups is 1. The van der Waals surface area contributed by atoms with E-state index in [9.17, 15) is 13.2 Å². The summed E-state index contributed by atoms with van der Waals surface area (Å²) < 4.78 is 37.8. The van der Waals surface area contributed by atoms with Gasteiger partial charge in [-0.25, -0.2) is 23.2 Å². The number of aryl methyl sites for hydroxylation is 1. The minimum absolute atomic E-state index is 0.0516. The molecule has 176 valence electrons. The second kappa shape index (κ2) is 9.62. The lowest BCUT2D eigenvalue weighted by molar-refractivity contribution is 0.0531. The number of ether oxygens (including phenoxy) is 2. The number of fused-ring (bicyclic) bond motifs is 1. The molecule has 1 aliphatic rings. The van der Waals surface area contributed by atoms with Crippen molar-refractivity contribution >= 4 is 43.4 Å². The van der Waals surface area contributed by atoms with Gasteiger partial charge in [-0.05, 0) is 56.5 Å². The van der Waals surface area contributed by atoms with Crippen molar-refractivity contribution < 1.29 is 22.7 Å². The van der Waals surface area contributed by atoms with Gasteiger partial charge in [0.1, 0.15) is 27.6 Å². The third kappa shape index (κ3) is 4.66. The molecule has 0 unspecified atom stereocenters. The standard InChI is InChI=1S/C22H26N4O5S2/c1-4-31-22(27)19-14(2)18-20(23-13-24-21(18)32-19)25-15-9-11-26(12-10-15)33(28,29)17-7-5-16(30-3)6-8-17/h5-8,13,15H,4,9-12H2,1-3H3,(H,23,24,25). The maximum atomic E-state index is 13.0. The van der Waals surface area contributed by atoms with Gasteiger partial charge in [-0.1, -0.05) is 0 Å². The lowest BCUT2D eigenvalue weighted by Crippen LogP contribution is -2.42. The Labute approximate surface area is 196 Å². The Morgan fingerprint density at radius 3 is 2.55 bits per heavy atom. The number of nitrogens with zero attached hydrogens (tertiary/aromatic N) is 3. The van der Waals surface area contributed by atoms with Crippen LogP contribution in [-0.4, -0.2) is 61.5 Å². The summed E-state index contributed by atoms with van der Waals surface area (Å²) in [6, 6.07) is 6.48. The number of piperidine rings is 1. The molecule has 0 radical (unpaired) electrons. The van der Waals surface area contributed by atoms with Crippen LogP contribution in [0.4, 0.5) is 5.82 Å². The largest absolute Gasteiger partial charge is 0.497 e. The van der Waals surface area contributed by atoms with E-state index < -0.39 is 10.0 Å². The summed E-state index contributed by atoms with van der Waals surface area (Å²) in [5, 5.41) is 4.25. The summed E-state index contributed by atoms with van der Waals surface area (Å²) in [6.07, 6.45) is 2.74. The van der Waals surface area contributed by atoms with Crippen LogP contribution in [0, 0.1) is 6.92 Å². The molecule has 0 bridgehead atoms. The van der Waals surface area contributed by atoms with E-state index in [0.29, 0.717) is 53.8 Å². The molecule has 33 heavy (non-hydrogen) atoms. The number of nitrogens with one attached hydrogen (secondary N) is 1. The number of carbonyl (C=O) groups excluding carboxylic acids is 1. The zero-order valence-corrected chi connectivity index (χ0v) is 20.3.